The highest BCUT2D eigenvalue weighted by molar-refractivity contribution is 5.61. The van der Waals surface area contributed by atoms with Gasteiger partial charge in [0, 0.05) is 23.4 Å². The minimum atomic E-state index is -0.753. The van der Waals surface area contributed by atoms with Crippen molar-refractivity contribution in [2.24, 2.45) is 0 Å². The molecule has 2 bridgehead atoms. The molecule has 5 atom stereocenters. The molecular formula is C25H24N4O4. The van der Waals surface area contributed by atoms with Crippen LogP contribution in [0, 0.1) is 0 Å². The molecule has 0 radical (unpaired) electrons. The molecule has 8 nitrogen and oxygen atoms in total. The Hall–Kier alpha value is -3.30. The van der Waals surface area contributed by atoms with E-state index < -0.39 is 18.4 Å². The Balaban J connectivity index is 1.18. The summed E-state index contributed by atoms with van der Waals surface area (Å²) in [4.78, 5) is 0. The number of aromatic nitrogens is 3. The molecule has 0 spiro atoms. The predicted octanol–water partition coefficient (Wildman–Crippen LogP) is 3.02. The van der Waals surface area contributed by atoms with Gasteiger partial charge in [-0.1, -0.05) is 65.8 Å². The summed E-state index contributed by atoms with van der Waals surface area (Å²) in [5.41, 5.74) is 3.81. The lowest BCUT2D eigenvalue weighted by Crippen LogP contribution is -2.57. The van der Waals surface area contributed by atoms with E-state index in [2.05, 4.69) is 15.6 Å². The van der Waals surface area contributed by atoms with Gasteiger partial charge in [-0.05, 0) is 5.56 Å². The van der Waals surface area contributed by atoms with Crippen LogP contribution in [0.4, 0.5) is 0 Å². The molecule has 0 saturated carbocycles. The molecule has 2 aromatic heterocycles. The number of nitrogens with one attached hydrogen (secondary N) is 1. The number of aliphatic hydroxyl groups is 1. The van der Waals surface area contributed by atoms with Crippen molar-refractivity contribution >= 4 is 0 Å². The minimum absolute atomic E-state index is 0.248. The third kappa shape index (κ3) is 3.87. The van der Waals surface area contributed by atoms with Gasteiger partial charge < -0.3 is 24.4 Å². The third-order valence-corrected chi connectivity index (χ3v) is 6.29. The van der Waals surface area contributed by atoms with Crippen molar-refractivity contribution in [2.75, 3.05) is 6.61 Å². The maximum Gasteiger partial charge on any atom is 0.183 e. The van der Waals surface area contributed by atoms with Gasteiger partial charge in [-0.2, -0.15) is 5.10 Å². The lowest BCUT2D eigenvalue weighted by Gasteiger charge is -2.38. The number of ether oxygens (including phenoxy) is 2. The standard InChI is InChI=1S/C25H24N4O4/c30-24-22(26-13-19-11-20(28-33-19)17-9-5-2-6-10-17)21-15-31-25(32-21)23(24)29-14-18(12-27-29)16-7-3-1-4-8-16/h1-12,14,21-26,30H,13,15H2/t21-,22-,23-,24+,25-/m1/s1. The first-order valence-corrected chi connectivity index (χ1v) is 11.1. The maximum atomic E-state index is 11.3. The first-order chi connectivity index (χ1) is 16.3. The van der Waals surface area contributed by atoms with Gasteiger partial charge in [0.25, 0.3) is 0 Å². The topological polar surface area (TPSA) is 94.6 Å². The summed E-state index contributed by atoms with van der Waals surface area (Å²) in [5, 5.41) is 23.3. The number of rotatable bonds is 6. The van der Waals surface area contributed by atoms with Gasteiger partial charge in [0.1, 0.15) is 17.8 Å². The van der Waals surface area contributed by atoms with Crippen LogP contribution in [0.3, 0.4) is 0 Å². The summed E-state index contributed by atoms with van der Waals surface area (Å²) >= 11 is 0. The summed E-state index contributed by atoms with van der Waals surface area (Å²) in [6.07, 6.45) is 2.18. The number of aliphatic hydroxyl groups excluding tert-OH is 1. The zero-order chi connectivity index (χ0) is 22.2. The minimum Gasteiger partial charge on any atom is -0.389 e. The van der Waals surface area contributed by atoms with Gasteiger partial charge >= 0.3 is 0 Å². The fourth-order valence-electron chi connectivity index (χ4n) is 4.58. The molecule has 2 saturated heterocycles. The lowest BCUT2D eigenvalue weighted by molar-refractivity contribution is -0.168. The summed E-state index contributed by atoms with van der Waals surface area (Å²) in [7, 11) is 0. The molecule has 168 valence electrons. The molecule has 2 aromatic carbocycles. The predicted molar refractivity (Wildman–Crippen MR) is 120 cm³/mol. The van der Waals surface area contributed by atoms with Crippen LogP contribution >= 0.6 is 0 Å². The van der Waals surface area contributed by atoms with Crippen LogP contribution in [0.2, 0.25) is 0 Å². The number of hydrogen-bond acceptors (Lipinski definition) is 7. The monoisotopic (exact) mass is 444 g/mol. The zero-order valence-electron chi connectivity index (χ0n) is 17.8. The Bertz CT molecular complexity index is 1210. The molecule has 4 aromatic rings. The van der Waals surface area contributed by atoms with Crippen molar-refractivity contribution in [3.63, 3.8) is 0 Å². The second kappa shape index (κ2) is 8.57. The van der Waals surface area contributed by atoms with E-state index in [1.807, 2.05) is 72.9 Å². The van der Waals surface area contributed by atoms with Crippen LogP contribution in [-0.4, -0.2) is 51.2 Å². The van der Waals surface area contributed by atoms with Gasteiger partial charge in [-0.3, -0.25) is 4.68 Å². The third-order valence-electron chi connectivity index (χ3n) is 6.29. The fourth-order valence-corrected chi connectivity index (χ4v) is 4.58. The Labute approximate surface area is 190 Å². The van der Waals surface area contributed by atoms with Gasteiger partial charge in [0.15, 0.2) is 12.1 Å². The summed E-state index contributed by atoms with van der Waals surface area (Å²) in [6.45, 7) is 0.821. The van der Waals surface area contributed by atoms with Crippen LogP contribution in [0.1, 0.15) is 11.8 Å². The average molecular weight is 444 g/mol. The Morgan fingerprint density at radius 2 is 1.76 bits per heavy atom. The molecule has 0 amide bonds. The normalized spacial score (nSPS) is 26.5. The summed E-state index contributed by atoms with van der Waals surface area (Å²) in [6, 6.07) is 21.0. The number of nitrogens with zero attached hydrogens (tertiary/aromatic N) is 3. The van der Waals surface area contributed by atoms with Crippen molar-refractivity contribution in [3.8, 4) is 22.4 Å². The summed E-state index contributed by atoms with van der Waals surface area (Å²) in [5.74, 6) is 0.684. The number of benzene rings is 2. The van der Waals surface area contributed by atoms with Crippen molar-refractivity contribution < 1.29 is 19.1 Å². The molecule has 33 heavy (non-hydrogen) atoms. The first kappa shape index (κ1) is 20.3. The quantitative estimate of drug-likeness (QED) is 0.472. The zero-order valence-corrected chi connectivity index (χ0v) is 17.8. The second-order valence-electron chi connectivity index (χ2n) is 8.38. The van der Waals surface area contributed by atoms with Crippen molar-refractivity contribution in [3.05, 3.63) is 84.9 Å². The van der Waals surface area contributed by atoms with Gasteiger partial charge in [0.05, 0.1) is 31.5 Å². The molecule has 6 rings (SSSR count). The number of hydrogen-bond donors (Lipinski definition) is 2. The largest absolute Gasteiger partial charge is 0.389 e. The smallest absolute Gasteiger partial charge is 0.183 e. The fraction of sp³-hybridized carbons (Fsp3) is 0.280. The Morgan fingerprint density at radius 3 is 2.55 bits per heavy atom. The molecule has 4 heterocycles. The second-order valence-corrected chi connectivity index (χ2v) is 8.38. The van der Waals surface area contributed by atoms with E-state index in [4.69, 9.17) is 14.0 Å². The van der Waals surface area contributed by atoms with E-state index in [0.717, 1.165) is 22.4 Å². The molecular weight excluding hydrogens is 420 g/mol. The Morgan fingerprint density at radius 1 is 1.00 bits per heavy atom. The van der Waals surface area contributed by atoms with E-state index in [0.29, 0.717) is 18.9 Å². The molecule has 0 aliphatic carbocycles. The SMILES string of the molecule is O[C@H]1[C@H](NCc2cc(-c3ccccc3)no2)[C@H]2CO[C@H](O2)[C@@H]1n1cc(-c2ccccc2)cn1. The van der Waals surface area contributed by atoms with Gasteiger partial charge in [-0.25, -0.2) is 0 Å². The van der Waals surface area contributed by atoms with Crippen molar-refractivity contribution in [1.29, 1.82) is 0 Å². The maximum absolute atomic E-state index is 11.3. The molecule has 2 aliphatic heterocycles. The summed E-state index contributed by atoms with van der Waals surface area (Å²) < 4.78 is 19.2. The first-order valence-electron chi connectivity index (χ1n) is 11.1. The average Bonchev–Trinajstić information content (AvgIpc) is 3.62. The molecule has 2 fully saturated rings. The molecule has 2 aliphatic rings. The van der Waals surface area contributed by atoms with Gasteiger partial charge in [0.2, 0.25) is 0 Å². The van der Waals surface area contributed by atoms with E-state index in [-0.39, 0.29) is 12.1 Å². The van der Waals surface area contributed by atoms with Crippen LogP contribution in [0.25, 0.3) is 22.4 Å². The van der Waals surface area contributed by atoms with E-state index >= 15 is 0 Å². The van der Waals surface area contributed by atoms with E-state index in [9.17, 15) is 5.11 Å². The van der Waals surface area contributed by atoms with E-state index in [1.165, 1.54) is 0 Å². The number of fused-ring (bicyclic) bond motifs is 2. The molecule has 0 unspecified atom stereocenters. The highest BCUT2D eigenvalue weighted by atomic mass is 16.7. The highest BCUT2D eigenvalue weighted by Crippen LogP contribution is 2.36. The lowest BCUT2D eigenvalue weighted by atomic mass is 9.96. The highest BCUT2D eigenvalue weighted by Gasteiger charge is 2.51. The van der Waals surface area contributed by atoms with Crippen LogP contribution in [0.5, 0.6) is 0 Å². The van der Waals surface area contributed by atoms with Gasteiger partial charge in [-0.15, -0.1) is 0 Å². The molecule has 8 heteroatoms. The Kier molecular flexibility index (Phi) is 5.27. The van der Waals surface area contributed by atoms with Crippen molar-refractivity contribution in [2.45, 2.75) is 37.1 Å². The van der Waals surface area contributed by atoms with Crippen molar-refractivity contribution in [1.82, 2.24) is 20.3 Å². The van der Waals surface area contributed by atoms with Crippen LogP contribution < -0.4 is 5.32 Å². The van der Waals surface area contributed by atoms with E-state index in [1.54, 1.807) is 10.9 Å². The van der Waals surface area contributed by atoms with Crippen LogP contribution in [0.15, 0.2) is 83.6 Å². The van der Waals surface area contributed by atoms with Crippen LogP contribution in [-0.2, 0) is 16.0 Å². The molecule has 2 N–H and O–H groups in total.